The fraction of sp³-hybridized carbons (Fsp3) is 0.462. The number of rotatable bonds is 3. The second-order valence-corrected chi connectivity index (χ2v) is 4.10. The van der Waals surface area contributed by atoms with Gasteiger partial charge >= 0.3 is 0 Å². The van der Waals surface area contributed by atoms with E-state index in [1.165, 1.54) is 12.8 Å². The molecule has 2 rings (SSSR count). The van der Waals surface area contributed by atoms with Gasteiger partial charge < -0.3 is 9.64 Å². The predicted molar refractivity (Wildman–Crippen MR) is 63.6 cm³/mol. The fourth-order valence-corrected chi connectivity index (χ4v) is 2.22. The number of hydrogen-bond acceptors (Lipinski definition) is 3. The summed E-state index contributed by atoms with van der Waals surface area (Å²) >= 11 is 0. The zero-order valence-corrected chi connectivity index (χ0v) is 9.52. The minimum Gasteiger partial charge on any atom is -0.477 e. The first-order valence-corrected chi connectivity index (χ1v) is 5.68. The molecule has 1 saturated heterocycles. The van der Waals surface area contributed by atoms with Gasteiger partial charge in [0.2, 0.25) is 0 Å². The van der Waals surface area contributed by atoms with Crippen LogP contribution in [0.2, 0.25) is 0 Å². The Hall–Kier alpha value is -1.69. The molecule has 0 saturated carbocycles. The molecular formula is C13H16N2O. The molecule has 3 nitrogen and oxygen atoms in total. The molecule has 0 aromatic heterocycles. The molecule has 3 heteroatoms. The van der Waals surface area contributed by atoms with Gasteiger partial charge in [-0.1, -0.05) is 12.1 Å². The molecule has 1 aromatic carbocycles. The van der Waals surface area contributed by atoms with Crippen molar-refractivity contribution in [3.05, 3.63) is 24.3 Å². The van der Waals surface area contributed by atoms with Gasteiger partial charge in [-0.15, -0.1) is 0 Å². The van der Waals surface area contributed by atoms with E-state index in [0.717, 1.165) is 18.0 Å². The van der Waals surface area contributed by atoms with E-state index in [1.807, 2.05) is 24.3 Å². The second-order valence-electron chi connectivity index (χ2n) is 4.10. The van der Waals surface area contributed by atoms with Crippen LogP contribution in [0.1, 0.15) is 19.8 Å². The lowest BCUT2D eigenvalue weighted by Crippen LogP contribution is -2.26. The van der Waals surface area contributed by atoms with Crippen molar-refractivity contribution in [1.29, 1.82) is 5.26 Å². The van der Waals surface area contributed by atoms with Crippen molar-refractivity contribution < 1.29 is 4.74 Å². The van der Waals surface area contributed by atoms with E-state index in [9.17, 15) is 0 Å². The van der Waals surface area contributed by atoms with Crippen LogP contribution >= 0.6 is 0 Å². The molecule has 1 unspecified atom stereocenters. The third-order valence-electron chi connectivity index (χ3n) is 3.02. The number of nitriles is 1. The van der Waals surface area contributed by atoms with Crippen molar-refractivity contribution in [1.82, 2.24) is 0 Å². The van der Waals surface area contributed by atoms with Gasteiger partial charge in [0.15, 0.2) is 6.61 Å². The summed E-state index contributed by atoms with van der Waals surface area (Å²) < 4.78 is 5.44. The maximum Gasteiger partial charge on any atom is 0.174 e. The Kier molecular flexibility index (Phi) is 3.31. The first-order chi connectivity index (χ1) is 7.83. The molecule has 0 amide bonds. The van der Waals surface area contributed by atoms with Crippen molar-refractivity contribution in [2.45, 2.75) is 25.8 Å². The Balaban J connectivity index is 2.22. The predicted octanol–water partition coefficient (Wildman–Crippen LogP) is 2.58. The number of benzene rings is 1. The average Bonchev–Trinajstić information content (AvgIpc) is 2.73. The summed E-state index contributed by atoms with van der Waals surface area (Å²) in [5.74, 6) is 0.817. The number of ether oxygens (including phenoxy) is 1. The van der Waals surface area contributed by atoms with Crippen LogP contribution in [0.15, 0.2) is 24.3 Å². The van der Waals surface area contributed by atoms with Gasteiger partial charge in [-0.2, -0.15) is 5.26 Å². The Morgan fingerprint density at radius 1 is 1.50 bits per heavy atom. The maximum absolute atomic E-state index is 8.55. The standard InChI is InChI=1S/C13H16N2O/c1-11-5-4-9-15(11)12-6-2-3-7-13(12)16-10-8-14/h2-3,6-7,11H,4-5,9-10H2,1H3. The van der Waals surface area contributed by atoms with Gasteiger partial charge in [0.25, 0.3) is 0 Å². The number of anilines is 1. The van der Waals surface area contributed by atoms with Crippen LogP contribution in [0.25, 0.3) is 0 Å². The summed E-state index contributed by atoms with van der Waals surface area (Å²) in [7, 11) is 0. The largest absolute Gasteiger partial charge is 0.477 e. The van der Waals surface area contributed by atoms with E-state index in [4.69, 9.17) is 10.00 Å². The molecular weight excluding hydrogens is 200 g/mol. The first-order valence-electron chi connectivity index (χ1n) is 5.68. The van der Waals surface area contributed by atoms with E-state index in [2.05, 4.69) is 17.9 Å². The monoisotopic (exact) mass is 216 g/mol. The third-order valence-corrected chi connectivity index (χ3v) is 3.02. The molecule has 1 aliphatic rings. The van der Waals surface area contributed by atoms with Crippen molar-refractivity contribution in [2.24, 2.45) is 0 Å². The highest BCUT2D eigenvalue weighted by Gasteiger charge is 2.22. The lowest BCUT2D eigenvalue weighted by molar-refractivity contribution is 0.368. The molecule has 16 heavy (non-hydrogen) atoms. The Labute approximate surface area is 96.2 Å². The van der Waals surface area contributed by atoms with Crippen LogP contribution < -0.4 is 9.64 Å². The molecule has 1 heterocycles. The molecule has 0 radical (unpaired) electrons. The highest BCUT2D eigenvalue weighted by Crippen LogP contribution is 2.33. The lowest BCUT2D eigenvalue weighted by atomic mass is 10.2. The van der Waals surface area contributed by atoms with Crippen molar-refractivity contribution in [3.8, 4) is 11.8 Å². The molecule has 84 valence electrons. The normalized spacial score (nSPS) is 19.5. The summed E-state index contributed by atoms with van der Waals surface area (Å²) in [5, 5.41) is 8.55. The summed E-state index contributed by atoms with van der Waals surface area (Å²) in [5.41, 5.74) is 1.11. The number of para-hydroxylation sites is 2. The molecule has 1 aliphatic heterocycles. The topological polar surface area (TPSA) is 36.3 Å². The average molecular weight is 216 g/mol. The Bertz CT molecular complexity index is 397. The van der Waals surface area contributed by atoms with Crippen molar-refractivity contribution >= 4 is 5.69 Å². The third kappa shape index (κ3) is 2.11. The minimum absolute atomic E-state index is 0.110. The van der Waals surface area contributed by atoms with E-state index in [1.54, 1.807) is 0 Å². The molecule has 0 aliphatic carbocycles. The van der Waals surface area contributed by atoms with Crippen LogP contribution in [-0.2, 0) is 0 Å². The van der Waals surface area contributed by atoms with E-state index in [-0.39, 0.29) is 6.61 Å². The van der Waals surface area contributed by atoms with Gasteiger partial charge in [-0.05, 0) is 31.9 Å². The van der Waals surface area contributed by atoms with E-state index >= 15 is 0 Å². The lowest BCUT2D eigenvalue weighted by Gasteiger charge is -2.25. The van der Waals surface area contributed by atoms with E-state index < -0.39 is 0 Å². The Morgan fingerprint density at radius 3 is 3.00 bits per heavy atom. The van der Waals surface area contributed by atoms with Crippen LogP contribution in [-0.4, -0.2) is 19.2 Å². The summed E-state index contributed by atoms with van der Waals surface area (Å²) in [6.45, 7) is 3.42. The van der Waals surface area contributed by atoms with Crippen molar-refractivity contribution in [2.75, 3.05) is 18.1 Å². The summed E-state index contributed by atoms with van der Waals surface area (Å²) in [6.07, 6.45) is 2.46. The van der Waals surface area contributed by atoms with Gasteiger partial charge in [-0.25, -0.2) is 0 Å². The Morgan fingerprint density at radius 2 is 2.31 bits per heavy atom. The smallest absolute Gasteiger partial charge is 0.174 e. The molecule has 1 fully saturated rings. The summed E-state index contributed by atoms with van der Waals surface area (Å²) in [4.78, 5) is 2.35. The summed E-state index contributed by atoms with van der Waals surface area (Å²) in [6, 6.07) is 10.5. The first kappa shape index (κ1) is 10.8. The second kappa shape index (κ2) is 4.89. The molecule has 1 aromatic rings. The highest BCUT2D eigenvalue weighted by atomic mass is 16.5. The zero-order chi connectivity index (χ0) is 11.4. The van der Waals surface area contributed by atoms with Gasteiger partial charge in [-0.3, -0.25) is 0 Å². The quantitative estimate of drug-likeness (QED) is 0.779. The van der Waals surface area contributed by atoms with E-state index in [0.29, 0.717) is 6.04 Å². The fourth-order valence-electron chi connectivity index (χ4n) is 2.22. The SMILES string of the molecule is CC1CCCN1c1ccccc1OCC#N. The van der Waals surface area contributed by atoms with Crippen LogP contribution in [0.4, 0.5) is 5.69 Å². The van der Waals surface area contributed by atoms with Gasteiger partial charge in [0.05, 0.1) is 5.69 Å². The number of hydrogen-bond donors (Lipinski definition) is 0. The van der Waals surface area contributed by atoms with Gasteiger partial charge in [0, 0.05) is 12.6 Å². The molecule has 1 atom stereocenters. The molecule has 0 bridgehead atoms. The highest BCUT2D eigenvalue weighted by molar-refractivity contribution is 5.59. The van der Waals surface area contributed by atoms with Crippen LogP contribution in [0.3, 0.4) is 0 Å². The van der Waals surface area contributed by atoms with Gasteiger partial charge in [0.1, 0.15) is 11.8 Å². The zero-order valence-electron chi connectivity index (χ0n) is 9.52. The van der Waals surface area contributed by atoms with Crippen molar-refractivity contribution in [3.63, 3.8) is 0 Å². The maximum atomic E-state index is 8.55. The minimum atomic E-state index is 0.110. The number of nitrogens with zero attached hydrogens (tertiary/aromatic N) is 2. The van der Waals surface area contributed by atoms with Crippen LogP contribution in [0, 0.1) is 11.3 Å². The molecule has 0 spiro atoms. The molecule has 0 N–H and O–H groups in total. The van der Waals surface area contributed by atoms with Crippen LogP contribution in [0.5, 0.6) is 5.75 Å².